The molecule has 1 aromatic rings. The van der Waals surface area contributed by atoms with Crippen LogP contribution in [0, 0.1) is 0 Å². The highest BCUT2D eigenvalue weighted by Gasteiger charge is 2.28. The topological polar surface area (TPSA) is 64.8 Å². The van der Waals surface area contributed by atoms with E-state index in [0.29, 0.717) is 6.54 Å². The van der Waals surface area contributed by atoms with E-state index in [1.165, 1.54) is 32.2 Å². The maximum absolute atomic E-state index is 12.3. The van der Waals surface area contributed by atoms with Gasteiger partial charge in [0.25, 0.3) is 0 Å². The molecule has 24 heavy (non-hydrogen) atoms. The fraction of sp³-hybridized carbons (Fsp3) is 0.765. The number of likely N-dealkylation sites (tertiary alicyclic amines) is 2. The van der Waals surface area contributed by atoms with E-state index in [9.17, 15) is 4.79 Å². The molecule has 2 fully saturated rings. The summed E-state index contributed by atoms with van der Waals surface area (Å²) in [6.45, 7) is 5.05. The molecule has 2 aliphatic rings. The molecule has 1 aromatic heterocycles. The zero-order chi connectivity index (χ0) is 16.9. The first kappa shape index (κ1) is 17.2. The lowest BCUT2D eigenvalue weighted by Gasteiger charge is -2.41. The summed E-state index contributed by atoms with van der Waals surface area (Å²) >= 11 is 0. The molecule has 0 bridgehead atoms. The molecule has 2 saturated heterocycles. The van der Waals surface area contributed by atoms with Crippen LogP contribution in [-0.2, 0) is 6.54 Å². The van der Waals surface area contributed by atoms with Gasteiger partial charge in [0.1, 0.15) is 12.0 Å². The van der Waals surface area contributed by atoms with Gasteiger partial charge in [0.05, 0.1) is 6.54 Å². The highest BCUT2D eigenvalue weighted by atomic mass is 16.5. The summed E-state index contributed by atoms with van der Waals surface area (Å²) in [5, 5.41) is 7.00. The third kappa shape index (κ3) is 4.48. The molecule has 0 aliphatic carbocycles. The Kier molecular flexibility index (Phi) is 5.73. The summed E-state index contributed by atoms with van der Waals surface area (Å²) < 4.78 is 4.80. The Morgan fingerprint density at radius 1 is 1.29 bits per heavy atom. The van der Waals surface area contributed by atoms with Crippen LogP contribution >= 0.6 is 0 Å². The van der Waals surface area contributed by atoms with Gasteiger partial charge < -0.3 is 24.5 Å². The van der Waals surface area contributed by atoms with Crippen LogP contribution in [0.5, 0.6) is 0 Å². The number of nitrogens with zero attached hydrogens (tertiary/aromatic N) is 4. The summed E-state index contributed by atoms with van der Waals surface area (Å²) in [5.41, 5.74) is 0.768. The van der Waals surface area contributed by atoms with Gasteiger partial charge in [0.2, 0.25) is 0 Å². The quantitative estimate of drug-likeness (QED) is 0.900. The number of urea groups is 1. The van der Waals surface area contributed by atoms with E-state index >= 15 is 0 Å². The molecule has 0 aromatic carbocycles. The first-order valence-electron chi connectivity index (χ1n) is 8.95. The molecule has 7 heteroatoms. The van der Waals surface area contributed by atoms with Gasteiger partial charge in [0, 0.05) is 38.3 Å². The Bertz CT molecular complexity index is 505. The number of piperidine rings is 2. The Labute approximate surface area is 143 Å². The lowest BCUT2D eigenvalue weighted by atomic mass is 9.98. The molecule has 0 unspecified atom stereocenters. The lowest BCUT2D eigenvalue weighted by Crippen LogP contribution is -2.52. The van der Waals surface area contributed by atoms with E-state index in [0.717, 1.165) is 37.7 Å². The van der Waals surface area contributed by atoms with Crippen LogP contribution in [0.3, 0.4) is 0 Å². The van der Waals surface area contributed by atoms with Crippen LogP contribution in [0.25, 0.3) is 0 Å². The number of carbonyl (C=O) groups is 1. The number of carbonyl (C=O) groups excluding carboxylic acids is 1. The van der Waals surface area contributed by atoms with Crippen molar-refractivity contribution in [2.75, 3.05) is 40.3 Å². The van der Waals surface area contributed by atoms with Gasteiger partial charge in [-0.1, -0.05) is 5.16 Å². The van der Waals surface area contributed by atoms with Crippen LogP contribution in [-0.4, -0.2) is 78.2 Å². The molecule has 0 radical (unpaired) electrons. The minimum Gasteiger partial charge on any atom is -0.364 e. The number of hydrogen-bond donors (Lipinski definition) is 1. The van der Waals surface area contributed by atoms with Gasteiger partial charge in [0.15, 0.2) is 0 Å². The second-order valence-electron chi connectivity index (χ2n) is 7.14. The van der Waals surface area contributed by atoms with Crippen molar-refractivity contribution in [2.45, 2.75) is 44.3 Å². The molecular formula is C17H29N5O2. The summed E-state index contributed by atoms with van der Waals surface area (Å²) in [7, 11) is 3.99. The van der Waals surface area contributed by atoms with Crippen molar-refractivity contribution in [3.05, 3.63) is 18.0 Å². The fourth-order valence-electron chi connectivity index (χ4n) is 3.69. The standard InChI is InChI=1S/C17H29N5O2/c1-20-8-5-16(6-9-20)22-10-3-14(4-11-22)18-17(23)21(2)13-15-7-12-24-19-15/h7,12,14,16H,3-6,8-11,13H2,1-2H3,(H,18,23). The Balaban J connectivity index is 1.39. The van der Waals surface area contributed by atoms with Crippen molar-refractivity contribution in [1.29, 1.82) is 0 Å². The highest BCUT2D eigenvalue weighted by Crippen LogP contribution is 2.20. The lowest BCUT2D eigenvalue weighted by molar-refractivity contribution is 0.0922. The normalized spacial score (nSPS) is 21.8. The third-order valence-electron chi connectivity index (χ3n) is 5.30. The summed E-state index contributed by atoms with van der Waals surface area (Å²) in [5.74, 6) is 0. The number of nitrogens with one attached hydrogen (secondary N) is 1. The number of aromatic nitrogens is 1. The molecule has 0 atom stereocenters. The van der Waals surface area contributed by atoms with Crippen molar-refractivity contribution in [3.8, 4) is 0 Å². The van der Waals surface area contributed by atoms with Gasteiger partial charge >= 0.3 is 6.03 Å². The molecule has 134 valence electrons. The third-order valence-corrected chi connectivity index (χ3v) is 5.30. The van der Waals surface area contributed by atoms with Gasteiger partial charge in [-0.3, -0.25) is 0 Å². The largest absolute Gasteiger partial charge is 0.364 e. The Morgan fingerprint density at radius 2 is 2.00 bits per heavy atom. The van der Waals surface area contributed by atoms with E-state index in [-0.39, 0.29) is 12.1 Å². The van der Waals surface area contributed by atoms with Gasteiger partial charge in [-0.25, -0.2) is 4.79 Å². The molecule has 2 amide bonds. The maximum atomic E-state index is 12.3. The van der Waals surface area contributed by atoms with Crippen LogP contribution in [0.4, 0.5) is 4.79 Å². The van der Waals surface area contributed by atoms with E-state index in [4.69, 9.17) is 4.52 Å². The van der Waals surface area contributed by atoms with Crippen molar-refractivity contribution in [2.24, 2.45) is 0 Å². The van der Waals surface area contributed by atoms with Crippen molar-refractivity contribution in [1.82, 2.24) is 25.2 Å². The zero-order valence-electron chi connectivity index (χ0n) is 14.8. The fourth-order valence-corrected chi connectivity index (χ4v) is 3.69. The minimum absolute atomic E-state index is 0.0317. The predicted molar refractivity (Wildman–Crippen MR) is 91.6 cm³/mol. The number of rotatable bonds is 4. The summed E-state index contributed by atoms with van der Waals surface area (Å²) in [4.78, 5) is 19.0. The second kappa shape index (κ2) is 7.98. The second-order valence-corrected chi connectivity index (χ2v) is 7.14. The molecule has 2 aliphatic heterocycles. The Hall–Kier alpha value is -1.60. The molecule has 3 rings (SSSR count). The van der Waals surface area contributed by atoms with E-state index in [1.807, 2.05) is 0 Å². The van der Waals surface area contributed by atoms with Crippen molar-refractivity contribution < 1.29 is 9.32 Å². The zero-order valence-corrected chi connectivity index (χ0v) is 14.8. The average Bonchev–Trinajstić information content (AvgIpc) is 3.09. The molecule has 3 heterocycles. The van der Waals surface area contributed by atoms with E-state index < -0.39 is 0 Å². The highest BCUT2D eigenvalue weighted by molar-refractivity contribution is 5.74. The minimum atomic E-state index is -0.0317. The SMILES string of the molecule is CN1CCC(N2CCC(NC(=O)N(C)Cc3ccon3)CC2)CC1. The monoisotopic (exact) mass is 335 g/mol. The van der Waals surface area contributed by atoms with Crippen LogP contribution in [0.1, 0.15) is 31.4 Å². The summed E-state index contributed by atoms with van der Waals surface area (Å²) in [6.07, 6.45) is 6.15. The van der Waals surface area contributed by atoms with Crippen molar-refractivity contribution >= 4 is 6.03 Å². The molecule has 0 saturated carbocycles. The molecule has 7 nitrogen and oxygen atoms in total. The summed E-state index contributed by atoms with van der Waals surface area (Å²) in [6, 6.07) is 2.76. The van der Waals surface area contributed by atoms with Crippen LogP contribution in [0.15, 0.2) is 16.9 Å². The Morgan fingerprint density at radius 3 is 2.62 bits per heavy atom. The smallest absolute Gasteiger partial charge is 0.317 e. The van der Waals surface area contributed by atoms with Crippen molar-refractivity contribution in [3.63, 3.8) is 0 Å². The predicted octanol–water partition coefficient (Wildman–Crippen LogP) is 1.37. The van der Waals surface area contributed by atoms with Crippen LogP contribution in [0.2, 0.25) is 0 Å². The van der Waals surface area contributed by atoms with Gasteiger partial charge in [-0.15, -0.1) is 0 Å². The maximum Gasteiger partial charge on any atom is 0.317 e. The first-order valence-corrected chi connectivity index (χ1v) is 8.95. The average molecular weight is 335 g/mol. The van der Waals surface area contributed by atoms with E-state index in [1.54, 1.807) is 18.0 Å². The van der Waals surface area contributed by atoms with E-state index in [2.05, 4.69) is 27.3 Å². The van der Waals surface area contributed by atoms with Gasteiger partial charge in [-0.2, -0.15) is 0 Å². The molecule has 0 spiro atoms. The van der Waals surface area contributed by atoms with Gasteiger partial charge in [-0.05, 0) is 45.8 Å². The first-order chi connectivity index (χ1) is 11.6. The molecular weight excluding hydrogens is 306 g/mol. The molecule has 1 N–H and O–H groups in total. The number of hydrogen-bond acceptors (Lipinski definition) is 5. The van der Waals surface area contributed by atoms with Crippen LogP contribution < -0.4 is 5.32 Å². The number of amides is 2.